The maximum Gasteiger partial charge on any atom is 0.307 e. The van der Waals surface area contributed by atoms with Gasteiger partial charge in [-0.2, -0.15) is 0 Å². The Labute approximate surface area is 146 Å². The van der Waals surface area contributed by atoms with Gasteiger partial charge >= 0.3 is 5.97 Å². The number of benzene rings is 2. The number of hydrogen-bond donors (Lipinski definition) is 1. The number of nitrogens with two attached hydrogens (primary N) is 1. The monoisotopic (exact) mass is 347 g/mol. The fraction of sp³-hybridized carbons (Fsp3) is 0.350. The molecule has 0 unspecified atom stereocenters. The summed E-state index contributed by atoms with van der Waals surface area (Å²) in [6.45, 7) is 7.22. The Hall–Kier alpha value is -2.27. The van der Waals surface area contributed by atoms with E-state index in [-0.39, 0.29) is 24.4 Å². The van der Waals surface area contributed by atoms with Crippen LogP contribution in [0.1, 0.15) is 41.6 Å². The number of rotatable bonds is 5. The van der Waals surface area contributed by atoms with Gasteiger partial charge < -0.3 is 10.5 Å². The van der Waals surface area contributed by atoms with Gasteiger partial charge in [0.15, 0.2) is 0 Å². The molecule has 0 fully saturated rings. The third-order valence-electron chi connectivity index (χ3n) is 4.16. The quantitative estimate of drug-likeness (QED) is 0.810. The normalized spacial score (nSPS) is 12.1. The summed E-state index contributed by atoms with van der Waals surface area (Å²) in [5.74, 6) is -1.21. The largest absolute Gasteiger partial charge is 0.466 e. The summed E-state index contributed by atoms with van der Waals surface area (Å²) >= 11 is 0. The zero-order valence-electron chi connectivity index (χ0n) is 15.0. The van der Waals surface area contributed by atoms with Crippen molar-refractivity contribution in [2.75, 3.05) is 6.61 Å². The van der Waals surface area contributed by atoms with E-state index in [1.165, 1.54) is 12.1 Å². The molecule has 2 N–H and O–H groups in total. The highest BCUT2D eigenvalue weighted by Crippen LogP contribution is 2.33. The second-order valence-corrected chi connectivity index (χ2v) is 6.23. The Morgan fingerprint density at radius 2 is 1.68 bits per heavy atom. The third kappa shape index (κ3) is 4.23. The number of halogens is 2. The molecule has 0 amide bonds. The van der Waals surface area contributed by atoms with Crippen molar-refractivity contribution < 1.29 is 18.3 Å². The molecule has 2 aromatic rings. The van der Waals surface area contributed by atoms with Crippen LogP contribution in [-0.2, 0) is 9.53 Å². The van der Waals surface area contributed by atoms with Crippen LogP contribution in [-0.4, -0.2) is 12.6 Å². The SMILES string of the molecule is CCOC(=O)C[C@H](N)c1cc(-c2c(C)cc(F)cc2C)cc(C)c1F. The standard InChI is InChI=1S/C20H23F2NO2/c1-5-25-18(24)10-17(23)16-9-14(6-13(4)20(16)22)19-11(2)7-15(21)8-12(19)3/h6-9,17H,5,10,23H2,1-4H3/t17-/m0/s1. The van der Waals surface area contributed by atoms with E-state index < -0.39 is 17.8 Å². The zero-order chi connectivity index (χ0) is 18.7. The lowest BCUT2D eigenvalue weighted by Crippen LogP contribution is -2.19. The minimum Gasteiger partial charge on any atom is -0.466 e. The van der Waals surface area contributed by atoms with E-state index in [4.69, 9.17) is 10.5 Å². The van der Waals surface area contributed by atoms with Crippen LogP contribution in [0.5, 0.6) is 0 Å². The molecule has 2 rings (SSSR count). The van der Waals surface area contributed by atoms with Crippen molar-refractivity contribution in [3.8, 4) is 11.1 Å². The maximum atomic E-state index is 14.6. The van der Waals surface area contributed by atoms with E-state index in [2.05, 4.69) is 0 Å². The van der Waals surface area contributed by atoms with Crippen molar-refractivity contribution in [1.82, 2.24) is 0 Å². The summed E-state index contributed by atoms with van der Waals surface area (Å²) in [6, 6.07) is 5.43. The van der Waals surface area contributed by atoms with Gasteiger partial charge in [-0.1, -0.05) is 0 Å². The van der Waals surface area contributed by atoms with E-state index in [9.17, 15) is 13.6 Å². The summed E-state index contributed by atoms with van der Waals surface area (Å²) < 4.78 is 33.0. The molecular weight excluding hydrogens is 324 g/mol. The van der Waals surface area contributed by atoms with Crippen molar-refractivity contribution in [1.29, 1.82) is 0 Å². The van der Waals surface area contributed by atoms with Gasteiger partial charge in [-0.25, -0.2) is 8.78 Å². The van der Waals surface area contributed by atoms with E-state index in [1.54, 1.807) is 26.0 Å². The molecule has 0 radical (unpaired) electrons. The molecule has 1 atom stereocenters. The maximum absolute atomic E-state index is 14.6. The summed E-state index contributed by atoms with van der Waals surface area (Å²) in [6.07, 6.45) is -0.102. The highest BCUT2D eigenvalue weighted by atomic mass is 19.1. The van der Waals surface area contributed by atoms with E-state index in [1.807, 2.05) is 13.8 Å². The van der Waals surface area contributed by atoms with Gasteiger partial charge in [0.1, 0.15) is 11.6 Å². The Morgan fingerprint density at radius 1 is 1.08 bits per heavy atom. The predicted octanol–water partition coefficient (Wildman–Crippen LogP) is 4.51. The molecule has 0 aliphatic rings. The Balaban J connectivity index is 2.50. The molecular formula is C20H23F2NO2. The van der Waals surface area contributed by atoms with Crippen LogP contribution in [0.3, 0.4) is 0 Å². The van der Waals surface area contributed by atoms with Crippen LogP contribution in [0.4, 0.5) is 8.78 Å². The second-order valence-electron chi connectivity index (χ2n) is 6.23. The summed E-state index contributed by atoms with van der Waals surface area (Å²) in [5.41, 5.74) is 9.83. The molecule has 0 aromatic heterocycles. The number of carbonyl (C=O) groups excluding carboxylic acids is 1. The van der Waals surface area contributed by atoms with Crippen molar-refractivity contribution in [3.05, 3.63) is 58.2 Å². The summed E-state index contributed by atoms with van der Waals surface area (Å²) in [5, 5.41) is 0. The first-order valence-corrected chi connectivity index (χ1v) is 8.23. The van der Waals surface area contributed by atoms with Gasteiger partial charge in [0.25, 0.3) is 0 Å². The Bertz CT molecular complexity index is 780. The lowest BCUT2D eigenvalue weighted by Gasteiger charge is -2.18. The number of ether oxygens (including phenoxy) is 1. The molecule has 25 heavy (non-hydrogen) atoms. The summed E-state index contributed by atoms with van der Waals surface area (Å²) in [4.78, 5) is 11.7. The average molecular weight is 347 g/mol. The van der Waals surface area contributed by atoms with Crippen LogP contribution >= 0.6 is 0 Å². The molecule has 0 bridgehead atoms. The number of hydrogen-bond acceptors (Lipinski definition) is 3. The lowest BCUT2D eigenvalue weighted by molar-refractivity contribution is -0.143. The van der Waals surface area contributed by atoms with Crippen molar-refractivity contribution in [3.63, 3.8) is 0 Å². The molecule has 0 aliphatic heterocycles. The van der Waals surface area contributed by atoms with E-state index >= 15 is 0 Å². The van der Waals surface area contributed by atoms with Crippen LogP contribution in [0, 0.1) is 32.4 Å². The van der Waals surface area contributed by atoms with Gasteiger partial charge in [0, 0.05) is 11.6 Å². The topological polar surface area (TPSA) is 52.3 Å². The fourth-order valence-corrected chi connectivity index (χ4v) is 3.09. The van der Waals surface area contributed by atoms with Crippen LogP contribution < -0.4 is 5.73 Å². The van der Waals surface area contributed by atoms with E-state index in [0.717, 1.165) is 22.3 Å². The number of esters is 1. The number of carbonyl (C=O) groups is 1. The molecule has 0 heterocycles. The first kappa shape index (κ1) is 19.1. The van der Waals surface area contributed by atoms with Gasteiger partial charge in [-0.15, -0.1) is 0 Å². The highest BCUT2D eigenvalue weighted by Gasteiger charge is 2.20. The Kier molecular flexibility index (Phi) is 5.90. The van der Waals surface area contributed by atoms with Crippen molar-refractivity contribution in [2.45, 2.75) is 40.2 Å². The minimum absolute atomic E-state index is 0.102. The molecule has 134 valence electrons. The smallest absolute Gasteiger partial charge is 0.307 e. The van der Waals surface area contributed by atoms with Crippen LogP contribution in [0.25, 0.3) is 11.1 Å². The molecule has 3 nitrogen and oxygen atoms in total. The minimum atomic E-state index is -0.807. The molecule has 0 aliphatic carbocycles. The Morgan fingerprint density at radius 3 is 2.24 bits per heavy atom. The first-order valence-electron chi connectivity index (χ1n) is 8.23. The van der Waals surface area contributed by atoms with Gasteiger partial charge in [-0.3, -0.25) is 4.79 Å². The molecule has 2 aromatic carbocycles. The third-order valence-corrected chi connectivity index (χ3v) is 4.16. The second kappa shape index (κ2) is 7.74. The van der Waals surface area contributed by atoms with Crippen molar-refractivity contribution >= 4 is 5.97 Å². The van der Waals surface area contributed by atoms with Crippen molar-refractivity contribution in [2.24, 2.45) is 5.73 Å². The van der Waals surface area contributed by atoms with Gasteiger partial charge in [0.05, 0.1) is 13.0 Å². The van der Waals surface area contributed by atoms with Gasteiger partial charge in [-0.05, 0) is 79.8 Å². The highest BCUT2D eigenvalue weighted by molar-refractivity contribution is 5.73. The summed E-state index contributed by atoms with van der Waals surface area (Å²) in [7, 11) is 0. The van der Waals surface area contributed by atoms with Crippen LogP contribution in [0.2, 0.25) is 0 Å². The van der Waals surface area contributed by atoms with E-state index in [0.29, 0.717) is 5.56 Å². The average Bonchev–Trinajstić information content (AvgIpc) is 2.49. The fourth-order valence-electron chi connectivity index (χ4n) is 3.09. The molecule has 0 spiro atoms. The molecule has 5 heteroatoms. The van der Waals surface area contributed by atoms with Crippen LogP contribution in [0.15, 0.2) is 24.3 Å². The first-order chi connectivity index (χ1) is 11.7. The predicted molar refractivity (Wildman–Crippen MR) is 94.2 cm³/mol. The van der Waals surface area contributed by atoms with Gasteiger partial charge in [0.2, 0.25) is 0 Å². The molecule has 0 saturated heterocycles. The zero-order valence-corrected chi connectivity index (χ0v) is 15.0. The molecule has 0 saturated carbocycles. The lowest BCUT2D eigenvalue weighted by atomic mass is 9.90. The number of aryl methyl sites for hydroxylation is 3.